The van der Waals surface area contributed by atoms with Gasteiger partial charge in [0.25, 0.3) is 0 Å². The molecule has 0 spiro atoms. The first-order chi connectivity index (χ1) is 13.6. The molecule has 2 aromatic heterocycles. The number of rotatable bonds is 5. The molecule has 4 rings (SSSR count). The van der Waals surface area contributed by atoms with Crippen molar-refractivity contribution in [3.63, 3.8) is 0 Å². The van der Waals surface area contributed by atoms with Gasteiger partial charge in [0, 0.05) is 17.0 Å². The average Bonchev–Trinajstić information content (AvgIpc) is 3.41. The van der Waals surface area contributed by atoms with Crippen LogP contribution in [0.4, 0.5) is 5.69 Å². The summed E-state index contributed by atoms with van der Waals surface area (Å²) < 4.78 is 5.31. The highest BCUT2D eigenvalue weighted by molar-refractivity contribution is 7.10. The molecule has 0 unspecified atom stereocenters. The molecule has 1 aliphatic heterocycles. The quantitative estimate of drug-likeness (QED) is 0.695. The van der Waals surface area contributed by atoms with Crippen LogP contribution in [0.5, 0.6) is 0 Å². The Balaban J connectivity index is 1.64. The van der Waals surface area contributed by atoms with Gasteiger partial charge in [-0.25, -0.2) is 0 Å². The SMILES string of the molecule is Cc1ccc(N2C(=O)CC[C@@H](C(=O)NCc3ccco3)[C@@H]2c2cccs2)cc1. The third kappa shape index (κ3) is 3.73. The number of carbonyl (C=O) groups excluding carboxylic acids is 2. The highest BCUT2D eigenvalue weighted by Gasteiger charge is 2.41. The lowest BCUT2D eigenvalue weighted by molar-refractivity contribution is -0.129. The van der Waals surface area contributed by atoms with Crippen LogP contribution >= 0.6 is 11.3 Å². The molecule has 0 saturated carbocycles. The van der Waals surface area contributed by atoms with Crippen molar-refractivity contribution in [2.24, 2.45) is 5.92 Å². The van der Waals surface area contributed by atoms with Gasteiger partial charge < -0.3 is 14.6 Å². The zero-order valence-corrected chi connectivity index (χ0v) is 16.4. The highest BCUT2D eigenvalue weighted by Crippen LogP contribution is 2.41. The third-order valence-electron chi connectivity index (χ3n) is 5.10. The second kappa shape index (κ2) is 8.02. The van der Waals surface area contributed by atoms with Crippen LogP contribution in [0.1, 0.15) is 35.1 Å². The van der Waals surface area contributed by atoms with Crippen LogP contribution in [0, 0.1) is 12.8 Å². The molecule has 28 heavy (non-hydrogen) atoms. The Bertz CT molecular complexity index is 933. The number of carbonyl (C=O) groups is 2. The number of furan rings is 1. The zero-order chi connectivity index (χ0) is 19.5. The monoisotopic (exact) mass is 394 g/mol. The number of anilines is 1. The smallest absolute Gasteiger partial charge is 0.227 e. The van der Waals surface area contributed by atoms with Crippen molar-refractivity contribution < 1.29 is 14.0 Å². The largest absolute Gasteiger partial charge is 0.467 e. The molecule has 5 nitrogen and oxygen atoms in total. The van der Waals surface area contributed by atoms with Crippen LogP contribution in [0.2, 0.25) is 0 Å². The third-order valence-corrected chi connectivity index (χ3v) is 6.04. The van der Waals surface area contributed by atoms with Gasteiger partial charge >= 0.3 is 0 Å². The molecule has 2 atom stereocenters. The second-order valence-electron chi connectivity index (χ2n) is 7.00. The molecule has 1 N–H and O–H groups in total. The molecule has 1 saturated heterocycles. The Labute approximate surface area is 168 Å². The van der Waals surface area contributed by atoms with Crippen molar-refractivity contribution in [2.75, 3.05) is 4.90 Å². The van der Waals surface area contributed by atoms with E-state index >= 15 is 0 Å². The minimum absolute atomic E-state index is 0.0531. The zero-order valence-electron chi connectivity index (χ0n) is 15.6. The molecule has 2 amide bonds. The summed E-state index contributed by atoms with van der Waals surface area (Å²) in [6.45, 7) is 2.36. The summed E-state index contributed by atoms with van der Waals surface area (Å²) in [7, 11) is 0. The molecular weight excluding hydrogens is 372 g/mol. The Hall–Kier alpha value is -2.86. The maximum Gasteiger partial charge on any atom is 0.227 e. The molecule has 0 radical (unpaired) electrons. The minimum Gasteiger partial charge on any atom is -0.467 e. The van der Waals surface area contributed by atoms with E-state index in [4.69, 9.17) is 4.42 Å². The van der Waals surface area contributed by atoms with E-state index in [1.807, 2.05) is 54.8 Å². The topological polar surface area (TPSA) is 62.6 Å². The summed E-state index contributed by atoms with van der Waals surface area (Å²) in [5.74, 6) is 0.396. The van der Waals surface area contributed by atoms with Gasteiger partial charge in [0.05, 0.1) is 24.8 Å². The lowest BCUT2D eigenvalue weighted by atomic mass is 9.86. The van der Waals surface area contributed by atoms with Gasteiger partial charge in [0.15, 0.2) is 0 Å². The lowest BCUT2D eigenvalue weighted by Gasteiger charge is -2.40. The lowest BCUT2D eigenvalue weighted by Crippen LogP contribution is -2.48. The van der Waals surface area contributed by atoms with Crippen LogP contribution in [0.25, 0.3) is 0 Å². The van der Waals surface area contributed by atoms with Gasteiger partial charge in [-0.15, -0.1) is 11.3 Å². The van der Waals surface area contributed by atoms with E-state index in [-0.39, 0.29) is 23.8 Å². The van der Waals surface area contributed by atoms with Crippen LogP contribution in [0.15, 0.2) is 64.6 Å². The number of thiophene rings is 1. The van der Waals surface area contributed by atoms with Crippen molar-refractivity contribution in [3.8, 4) is 0 Å². The van der Waals surface area contributed by atoms with Gasteiger partial charge in [-0.2, -0.15) is 0 Å². The van der Waals surface area contributed by atoms with Crippen molar-refractivity contribution in [1.29, 1.82) is 0 Å². The molecule has 1 aromatic carbocycles. The van der Waals surface area contributed by atoms with Crippen molar-refractivity contribution in [3.05, 3.63) is 76.4 Å². The van der Waals surface area contributed by atoms with E-state index in [0.717, 1.165) is 16.1 Å². The number of aryl methyl sites for hydroxylation is 1. The molecular formula is C22H22N2O3S. The summed E-state index contributed by atoms with van der Waals surface area (Å²) in [6, 6.07) is 15.2. The molecule has 144 valence electrons. The Morgan fingerprint density at radius 2 is 2.04 bits per heavy atom. The van der Waals surface area contributed by atoms with Gasteiger partial charge in [-0.05, 0) is 49.1 Å². The summed E-state index contributed by atoms with van der Waals surface area (Å²) in [6.07, 6.45) is 2.48. The summed E-state index contributed by atoms with van der Waals surface area (Å²) in [5.41, 5.74) is 1.96. The maximum atomic E-state index is 13.1. The maximum absolute atomic E-state index is 13.1. The van der Waals surface area contributed by atoms with Crippen LogP contribution in [0.3, 0.4) is 0 Å². The first-order valence-corrected chi connectivity index (χ1v) is 10.2. The molecule has 0 bridgehead atoms. The minimum atomic E-state index is -0.312. The number of hydrogen-bond acceptors (Lipinski definition) is 4. The van der Waals surface area contributed by atoms with Gasteiger partial charge in [0.2, 0.25) is 11.8 Å². The van der Waals surface area contributed by atoms with E-state index in [0.29, 0.717) is 25.1 Å². The Morgan fingerprint density at radius 1 is 1.21 bits per heavy atom. The molecule has 6 heteroatoms. The summed E-state index contributed by atoms with van der Waals surface area (Å²) in [5, 5.41) is 4.96. The van der Waals surface area contributed by atoms with Crippen LogP contribution in [-0.2, 0) is 16.1 Å². The molecule has 0 aliphatic carbocycles. The second-order valence-corrected chi connectivity index (χ2v) is 7.98. The van der Waals surface area contributed by atoms with Crippen molar-refractivity contribution >= 4 is 28.8 Å². The first-order valence-electron chi connectivity index (χ1n) is 9.35. The number of piperidine rings is 1. The Morgan fingerprint density at radius 3 is 2.71 bits per heavy atom. The summed E-state index contributed by atoms with van der Waals surface area (Å²) in [4.78, 5) is 28.8. The predicted molar refractivity (Wildman–Crippen MR) is 109 cm³/mol. The summed E-state index contributed by atoms with van der Waals surface area (Å²) >= 11 is 1.58. The number of benzene rings is 1. The predicted octanol–water partition coefficient (Wildman–Crippen LogP) is 4.45. The molecule has 1 fully saturated rings. The first kappa shape index (κ1) is 18.5. The van der Waals surface area contributed by atoms with E-state index in [1.54, 1.807) is 28.6 Å². The number of nitrogens with zero attached hydrogens (tertiary/aromatic N) is 1. The molecule has 3 aromatic rings. The van der Waals surface area contributed by atoms with Crippen LogP contribution < -0.4 is 10.2 Å². The standard InChI is InChI=1S/C22H22N2O3S/c1-15-6-8-16(9-7-15)24-20(25)11-10-18(21(24)19-5-3-13-28-19)22(26)23-14-17-4-2-12-27-17/h2-9,12-13,18,21H,10-11,14H2,1H3,(H,23,26)/t18-,21-/m1/s1. The van der Waals surface area contributed by atoms with Gasteiger partial charge in [-0.3, -0.25) is 9.59 Å². The van der Waals surface area contributed by atoms with E-state index in [2.05, 4.69) is 5.32 Å². The van der Waals surface area contributed by atoms with E-state index < -0.39 is 0 Å². The van der Waals surface area contributed by atoms with E-state index in [9.17, 15) is 9.59 Å². The van der Waals surface area contributed by atoms with Gasteiger partial charge in [-0.1, -0.05) is 23.8 Å². The fourth-order valence-corrected chi connectivity index (χ4v) is 4.56. The van der Waals surface area contributed by atoms with Crippen LogP contribution in [-0.4, -0.2) is 11.8 Å². The van der Waals surface area contributed by atoms with Crippen molar-refractivity contribution in [2.45, 2.75) is 32.4 Å². The van der Waals surface area contributed by atoms with E-state index in [1.165, 1.54) is 0 Å². The average molecular weight is 394 g/mol. The Kier molecular flexibility index (Phi) is 5.30. The fourth-order valence-electron chi connectivity index (χ4n) is 3.68. The normalized spacial score (nSPS) is 19.6. The highest BCUT2D eigenvalue weighted by atomic mass is 32.1. The number of amides is 2. The number of hydrogen-bond donors (Lipinski definition) is 1. The molecule has 1 aliphatic rings. The fraction of sp³-hybridized carbons (Fsp3) is 0.273. The number of nitrogens with one attached hydrogen (secondary N) is 1. The molecule has 3 heterocycles. The van der Waals surface area contributed by atoms with Gasteiger partial charge in [0.1, 0.15) is 5.76 Å². The van der Waals surface area contributed by atoms with Crippen molar-refractivity contribution in [1.82, 2.24) is 5.32 Å².